The molecule has 0 saturated heterocycles. The molecule has 0 spiro atoms. The Bertz CT molecular complexity index is 891. The number of furan rings is 1. The molecule has 1 aromatic carbocycles. The van der Waals surface area contributed by atoms with Gasteiger partial charge in [-0.2, -0.15) is 0 Å². The smallest absolute Gasteiger partial charge is 0.253 e. The second-order valence-electron chi connectivity index (χ2n) is 6.07. The van der Waals surface area contributed by atoms with Crippen LogP contribution in [0.1, 0.15) is 21.6 Å². The maximum atomic E-state index is 12.6. The number of nitrogens with zero attached hydrogens (tertiary/aromatic N) is 1. The van der Waals surface area contributed by atoms with Crippen molar-refractivity contribution in [1.82, 2.24) is 10.3 Å². The standard InChI is InChI=1S/C21H23N3O3/c1-15-17(9-10-19(24-15)20-8-5-12-27-20)21(25)23-14-16-6-3-4-7-18(16)22-11-13-26-2/h3-10,12,22H,11,13-14H2,1-2H3,(H,23,25). The number of benzene rings is 1. The number of carbonyl (C=O) groups excluding carboxylic acids is 1. The molecule has 1 amide bonds. The normalized spacial score (nSPS) is 10.6. The third-order valence-electron chi connectivity index (χ3n) is 4.18. The summed E-state index contributed by atoms with van der Waals surface area (Å²) < 4.78 is 10.4. The fourth-order valence-electron chi connectivity index (χ4n) is 2.77. The number of nitrogens with one attached hydrogen (secondary N) is 2. The van der Waals surface area contributed by atoms with Gasteiger partial charge in [0, 0.05) is 25.9 Å². The summed E-state index contributed by atoms with van der Waals surface area (Å²) in [6, 6.07) is 15.1. The van der Waals surface area contributed by atoms with Crippen LogP contribution in [-0.4, -0.2) is 31.2 Å². The summed E-state index contributed by atoms with van der Waals surface area (Å²) in [5.74, 6) is 0.527. The highest BCUT2D eigenvalue weighted by atomic mass is 16.5. The van der Waals surface area contributed by atoms with Gasteiger partial charge in [0.1, 0.15) is 5.69 Å². The summed E-state index contributed by atoms with van der Waals surface area (Å²) in [6.07, 6.45) is 1.60. The van der Waals surface area contributed by atoms with Crippen LogP contribution >= 0.6 is 0 Å². The number of hydrogen-bond donors (Lipinski definition) is 2. The van der Waals surface area contributed by atoms with Crippen LogP contribution in [0.5, 0.6) is 0 Å². The van der Waals surface area contributed by atoms with Gasteiger partial charge in [0.05, 0.1) is 24.1 Å². The monoisotopic (exact) mass is 365 g/mol. The molecular weight excluding hydrogens is 342 g/mol. The highest BCUT2D eigenvalue weighted by Crippen LogP contribution is 2.20. The van der Waals surface area contributed by atoms with Crippen molar-refractivity contribution in [2.75, 3.05) is 25.6 Å². The van der Waals surface area contributed by atoms with E-state index in [0.717, 1.165) is 11.3 Å². The summed E-state index contributed by atoms with van der Waals surface area (Å²) in [5.41, 5.74) is 3.92. The minimum Gasteiger partial charge on any atom is -0.463 e. The topological polar surface area (TPSA) is 76.4 Å². The molecule has 6 heteroatoms. The van der Waals surface area contributed by atoms with Crippen molar-refractivity contribution in [1.29, 1.82) is 0 Å². The maximum absolute atomic E-state index is 12.6. The van der Waals surface area contributed by atoms with Gasteiger partial charge in [0.15, 0.2) is 5.76 Å². The van der Waals surface area contributed by atoms with Crippen LogP contribution in [0.4, 0.5) is 5.69 Å². The van der Waals surface area contributed by atoms with E-state index in [1.807, 2.05) is 43.3 Å². The molecule has 0 aliphatic heterocycles. The van der Waals surface area contributed by atoms with Gasteiger partial charge in [-0.05, 0) is 42.8 Å². The molecule has 0 unspecified atom stereocenters. The van der Waals surface area contributed by atoms with Crippen LogP contribution in [0.3, 0.4) is 0 Å². The number of ether oxygens (including phenoxy) is 1. The Morgan fingerprint density at radius 3 is 2.74 bits per heavy atom. The molecule has 0 aliphatic rings. The molecule has 0 saturated carbocycles. The number of aromatic nitrogens is 1. The predicted octanol–water partition coefficient (Wildman–Crippen LogP) is 3.64. The summed E-state index contributed by atoms with van der Waals surface area (Å²) in [5, 5.41) is 6.28. The Labute approximate surface area is 158 Å². The number of aryl methyl sites for hydroxylation is 1. The van der Waals surface area contributed by atoms with Gasteiger partial charge >= 0.3 is 0 Å². The minimum atomic E-state index is -0.155. The summed E-state index contributed by atoms with van der Waals surface area (Å²) in [4.78, 5) is 17.1. The zero-order chi connectivity index (χ0) is 19.1. The Balaban J connectivity index is 1.66. The van der Waals surface area contributed by atoms with E-state index < -0.39 is 0 Å². The van der Waals surface area contributed by atoms with Gasteiger partial charge < -0.3 is 19.8 Å². The van der Waals surface area contributed by atoms with Crippen molar-refractivity contribution < 1.29 is 13.9 Å². The lowest BCUT2D eigenvalue weighted by Crippen LogP contribution is -2.24. The molecule has 0 bridgehead atoms. The van der Waals surface area contributed by atoms with Crippen LogP contribution in [0, 0.1) is 6.92 Å². The van der Waals surface area contributed by atoms with Crippen LogP contribution in [0.25, 0.3) is 11.5 Å². The summed E-state index contributed by atoms with van der Waals surface area (Å²) in [7, 11) is 1.67. The Kier molecular flexibility index (Phi) is 6.22. The molecule has 2 N–H and O–H groups in total. The first-order valence-corrected chi connectivity index (χ1v) is 8.79. The highest BCUT2D eigenvalue weighted by Gasteiger charge is 2.13. The fraction of sp³-hybridized carbons (Fsp3) is 0.238. The van der Waals surface area contributed by atoms with Gasteiger partial charge in [-0.1, -0.05) is 18.2 Å². The van der Waals surface area contributed by atoms with E-state index in [1.165, 1.54) is 0 Å². The average Bonchev–Trinajstić information content (AvgIpc) is 3.22. The van der Waals surface area contributed by atoms with Crippen LogP contribution in [-0.2, 0) is 11.3 Å². The molecule has 2 aromatic heterocycles. The van der Waals surface area contributed by atoms with Crippen LogP contribution in [0.15, 0.2) is 59.2 Å². The Morgan fingerprint density at radius 2 is 2.00 bits per heavy atom. The SMILES string of the molecule is COCCNc1ccccc1CNC(=O)c1ccc(-c2ccco2)nc1C. The molecule has 27 heavy (non-hydrogen) atoms. The van der Waals surface area contributed by atoms with E-state index in [0.29, 0.717) is 42.4 Å². The zero-order valence-electron chi connectivity index (χ0n) is 15.5. The minimum absolute atomic E-state index is 0.155. The molecule has 3 rings (SSSR count). The average molecular weight is 365 g/mol. The van der Waals surface area contributed by atoms with Crippen molar-refractivity contribution >= 4 is 11.6 Å². The molecule has 2 heterocycles. The van der Waals surface area contributed by atoms with Gasteiger partial charge in [0.2, 0.25) is 0 Å². The van der Waals surface area contributed by atoms with Crippen LogP contribution in [0.2, 0.25) is 0 Å². The lowest BCUT2D eigenvalue weighted by Gasteiger charge is -2.13. The molecule has 0 atom stereocenters. The Morgan fingerprint density at radius 1 is 1.15 bits per heavy atom. The number of pyridine rings is 1. The fourth-order valence-corrected chi connectivity index (χ4v) is 2.77. The molecule has 0 fully saturated rings. The first-order chi connectivity index (χ1) is 13.2. The maximum Gasteiger partial charge on any atom is 0.253 e. The lowest BCUT2D eigenvalue weighted by molar-refractivity contribution is 0.0950. The summed E-state index contributed by atoms with van der Waals surface area (Å²) in [6.45, 7) is 3.57. The second-order valence-corrected chi connectivity index (χ2v) is 6.07. The first kappa shape index (κ1) is 18.7. The van der Waals surface area contributed by atoms with E-state index in [1.54, 1.807) is 25.5 Å². The van der Waals surface area contributed by atoms with E-state index >= 15 is 0 Å². The predicted molar refractivity (Wildman–Crippen MR) is 105 cm³/mol. The van der Waals surface area contributed by atoms with Crippen molar-refractivity contribution in [3.8, 4) is 11.5 Å². The molecule has 0 aliphatic carbocycles. The van der Waals surface area contributed by atoms with Gasteiger partial charge in [-0.25, -0.2) is 4.98 Å². The highest BCUT2D eigenvalue weighted by molar-refractivity contribution is 5.95. The number of amides is 1. The number of rotatable bonds is 8. The third-order valence-corrected chi connectivity index (χ3v) is 4.18. The Hall–Kier alpha value is -3.12. The zero-order valence-corrected chi connectivity index (χ0v) is 15.5. The number of para-hydroxylation sites is 1. The van der Waals surface area contributed by atoms with E-state index in [4.69, 9.17) is 9.15 Å². The van der Waals surface area contributed by atoms with E-state index in [2.05, 4.69) is 15.6 Å². The molecule has 0 radical (unpaired) electrons. The van der Waals surface area contributed by atoms with Gasteiger partial charge in [0.25, 0.3) is 5.91 Å². The number of hydrogen-bond acceptors (Lipinski definition) is 5. The van der Waals surface area contributed by atoms with E-state index in [9.17, 15) is 4.79 Å². The van der Waals surface area contributed by atoms with E-state index in [-0.39, 0.29) is 5.91 Å². The number of methoxy groups -OCH3 is 1. The van der Waals surface area contributed by atoms with Crippen molar-refractivity contribution in [2.24, 2.45) is 0 Å². The molecule has 6 nitrogen and oxygen atoms in total. The van der Waals surface area contributed by atoms with Gasteiger partial charge in [-0.15, -0.1) is 0 Å². The number of carbonyl (C=O) groups is 1. The first-order valence-electron chi connectivity index (χ1n) is 8.79. The van der Waals surface area contributed by atoms with Crippen molar-refractivity contribution in [3.05, 3.63) is 71.6 Å². The van der Waals surface area contributed by atoms with Crippen molar-refractivity contribution in [3.63, 3.8) is 0 Å². The third kappa shape index (κ3) is 4.74. The molecule has 140 valence electrons. The van der Waals surface area contributed by atoms with Crippen molar-refractivity contribution in [2.45, 2.75) is 13.5 Å². The summed E-state index contributed by atoms with van der Waals surface area (Å²) >= 11 is 0. The second kappa shape index (κ2) is 9.00. The molecule has 3 aromatic rings. The van der Waals surface area contributed by atoms with Gasteiger partial charge in [-0.3, -0.25) is 4.79 Å². The lowest BCUT2D eigenvalue weighted by atomic mass is 10.1. The van der Waals surface area contributed by atoms with Crippen LogP contribution < -0.4 is 10.6 Å². The molecular formula is C21H23N3O3. The quantitative estimate of drug-likeness (QED) is 0.596. The largest absolute Gasteiger partial charge is 0.463 e. The number of anilines is 1.